The molecule has 204 valence electrons. The van der Waals surface area contributed by atoms with Crippen LogP contribution in [0.5, 0.6) is 11.5 Å². The molecule has 1 aliphatic rings. The molecule has 1 unspecified atom stereocenters. The Morgan fingerprint density at radius 2 is 1.77 bits per heavy atom. The summed E-state index contributed by atoms with van der Waals surface area (Å²) in [7, 11) is 0. The van der Waals surface area contributed by atoms with E-state index in [9.17, 15) is 32.3 Å². The maximum atomic E-state index is 14.9. The van der Waals surface area contributed by atoms with Crippen molar-refractivity contribution in [3.8, 4) is 22.6 Å². The lowest BCUT2D eigenvalue weighted by molar-refractivity contribution is -0.275. The molecule has 0 saturated carbocycles. The van der Waals surface area contributed by atoms with Gasteiger partial charge < -0.3 is 19.9 Å². The first kappa shape index (κ1) is 26.7. The van der Waals surface area contributed by atoms with Crippen LogP contribution >= 0.6 is 0 Å². The molecule has 1 atom stereocenters. The third-order valence-electron chi connectivity index (χ3n) is 6.48. The molecule has 0 bridgehead atoms. The topological polar surface area (TPSA) is 97.8 Å². The SMILES string of the molecule is O=C(NC1(c2ccc(OC(F)(F)F)c(F)c2)CCOc2cccnc21)c1ccc(C(=O)O)c(-c2ccccc2)c1. The number of amides is 1. The van der Waals surface area contributed by atoms with Crippen LogP contribution in [0.4, 0.5) is 17.6 Å². The van der Waals surface area contributed by atoms with Gasteiger partial charge in [-0.25, -0.2) is 9.18 Å². The molecule has 2 heterocycles. The second-order valence-electron chi connectivity index (χ2n) is 8.93. The average molecular weight is 552 g/mol. The van der Waals surface area contributed by atoms with E-state index in [2.05, 4.69) is 15.0 Å². The predicted molar refractivity (Wildman–Crippen MR) is 135 cm³/mol. The number of ether oxygens (including phenoxy) is 2. The number of nitrogens with zero attached hydrogens (tertiary/aromatic N) is 1. The third kappa shape index (κ3) is 5.18. The minimum atomic E-state index is -5.10. The molecule has 1 aromatic heterocycles. The van der Waals surface area contributed by atoms with Crippen molar-refractivity contribution < 1.29 is 41.7 Å². The van der Waals surface area contributed by atoms with Crippen molar-refractivity contribution in [1.82, 2.24) is 10.3 Å². The number of hydrogen-bond acceptors (Lipinski definition) is 5. The Balaban J connectivity index is 1.60. The molecular formula is C29H20F4N2O5. The van der Waals surface area contributed by atoms with E-state index < -0.39 is 35.3 Å². The zero-order valence-corrected chi connectivity index (χ0v) is 20.5. The van der Waals surface area contributed by atoms with Gasteiger partial charge in [0.05, 0.1) is 12.2 Å². The van der Waals surface area contributed by atoms with Crippen molar-refractivity contribution in [2.24, 2.45) is 0 Å². The molecule has 7 nitrogen and oxygen atoms in total. The van der Waals surface area contributed by atoms with Crippen molar-refractivity contribution >= 4 is 11.9 Å². The molecule has 40 heavy (non-hydrogen) atoms. The molecule has 3 aromatic carbocycles. The standard InChI is InChI=1S/C29H20F4N2O5/c30-22-16-19(9-11-23(22)40-29(31,32)33)28(12-14-39-24-7-4-13-34-25(24)28)35-26(36)18-8-10-20(27(37)38)21(15-18)17-5-2-1-3-6-17/h1-11,13,15-16H,12,14H2,(H,35,36)(H,37,38). The molecular weight excluding hydrogens is 532 g/mol. The Kier molecular flexibility index (Phi) is 6.88. The van der Waals surface area contributed by atoms with Gasteiger partial charge in [0.2, 0.25) is 0 Å². The number of alkyl halides is 3. The number of nitrogens with one attached hydrogen (secondary N) is 1. The third-order valence-corrected chi connectivity index (χ3v) is 6.48. The number of carboxylic acids is 1. The summed E-state index contributed by atoms with van der Waals surface area (Å²) in [6.07, 6.45) is -3.58. The zero-order chi connectivity index (χ0) is 28.5. The monoisotopic (exact) mass is 552 g/mol. The summed E-state index contributed by atoms with van der Waals surface area (Å²) in [6.45, 7) is 0.0780. The number of pyridine rings is 1. The van der Waals surface area contributed by atoms with E-state index in [-0.39, 0.29) is 35.4 Å². The van der Waals surface area contributed by atoms with E-state index >= 15 is 0 Å². The van der Waals surface area contributed by atoms with Crippen molar-refractivity contribution in [3.63, 3.8) is 0 Å². The first-order chi connectivity index (χ1) is 19.1. The van der Waals surface area contributed by atoms with Crippen molar-refractivity contribution in [2.75, 3.05) is 6.61 Å². The Hall–Kier alpha value is -4.93. The van der Waals surface area contributed by atoms with E-state index in [4.69, 9.17) is 4.74 Å². The van der Waals surface area contributed by atoms with Crippen LogP contribution in [0, 0.1) is 5.82 Å². The summed E-state index contributed by atoms with van der Waals surface area (Å²) in [5.41, 5.74) is -0.195. The largest absolute Gasteiger partial charge is 0.573 e. The van der Waals surface area contributed by atoms with E-state index in [1.807, 2.05) is 0 Å². The summed E-state index contributed by atoms with van der Waals surface area (Å²) in [4.78, 5) is 29.9. The Morgan fingerprint density at radius 1 is 1.00 bits per heavy atom. The fourth-order valence-electron chi connectivity index (χ4n) is 4.70. The number of aromatic nitrogens is 1. The zero-order valence-electron chi connectivity index (χ0n) is 20.5. The number of hydrogen-bond donors (Lipinski definition) is 2. The molecule has 4 aromatic rings. The Morgan fingerprint density at radius 3 is 2.48 bits per heavy atom. The number of carbonyl (C=O) groups excluding carboxylic acids is 1. The van der Waals surface area contributed by atoms with Gasteiger partial charge in [-0.05, 0) is 59.2 Å². The van der Waals surface area contributed by atoms with Gasteiger partial charge in [0, 0.05) is 18.2 Å². The van der Waals surface area contributed by atoms with Gasteiger partial charge in [-0.15, -0.1) is 13.2 Å². The summed E-state index contributed by atoms with van der Waals surface area (Å²) in [5, 5.41) is 12.6. The summed E-state index contributed by atoms with van der Waals surface area (Å²) >= 11 is 0. The highest BCUT2D eigenvalue weighted by atomic mass is 19.4. The molecule has 0 fully saturated rings. The Bertz CT molecular complexity index is 1590. The lowest BCUT2D eigenvalue weighted by atomic mass is 9.81. The highest BCUT2D eigenvalue weighted by Crippen LogP contribution is 2.42. The molecule has 0 aliphatic carbocycles. The van der Waals surface area contributed by atoms with Crippen LogP contribution in [0.1, 0.15) is 38.4 Å². The molecule has 0 saturated heterocycles. The second kappa shape index (κ2) is 10.3. The first-order valence-corrected chi connectivity index (χ1v) is 12.0. The number of aromatic carboxylic acids is 1. The molecule has 5 rings (SSSR count). The van der Waals surface area contributed by atoms with E-state index in [0.29, 0.717) is 16.9 Å². The van der Waals surface area contributed by atoms with Crippen LogP contribution in [-0.4, -0.2) is 34.9 Å². The highest BCUT2D eigenvalue weighted by Gasteiger charge is 2.43. The number of halogens is 4. The van der Waals surface area contributed by atoms with Crippen LogP contribution in [0.3, 0.4) is 0 Å². The van der Waals surface area contributed by atoms with Crippen LogP contribution in [0.15, 0.2) is 85.1 Å². The second-order valence-corrected chi connectivity index (χ2v) is 8.93. The number of carbonyl (C=O) groups is 2. The summed E-state index contributed by atoms with van der Waals surface area (Å²) in [5.74, 6) is -3.84. The van der Waals surface area contributed by atoms with Crippen molar-refractivity contribution in [2.45, 2.75) is 18.3 Å². The lowest BCUT2D eigenvalue weighted by Crippen LogP contribution is -2.50. The van der Waals surface area contributed by atoms with Crippen molar-refractivity contribution in [1.29, 1.82) is 0 Å². The lowest BCUT2D eigenvalue weighted by Gasteiger charge is -2.39. The smallest absolute Gasteiger partial charge is 0.491 e. The van der Waals surface area contributed by atoms with Crippen LogP contribution in [-0.2, 0) is 5.54 Å². The molecule has 11 heteroatoms. The van der Waals surface area contributed by atoms with E-state index in [0.717, 1.165) is 12.1 Å². The van der Waals surface area contributed by atoms with Crippen molar-refractivity contribution in [3.05, 3.63) is 113 Å². The minimum Gasteiger partial charge on any atom is -0.491 e. The quantitative estimate of drug-likeness (QED) is 0.288. The van der Waals surface area contributed by atoms with Gasteiger partial charge in [-0.3, -0.25) is 9.78 Å². The fourth-order valence-corrected chi connectivity index (χ4v) is 4.70. The minimum absolute atomic E-state index is 0.0159. The predicted octanol–water partition coefficient (Wildman–Crippen LogP) is 5.94. The molecule has 0 radical (unpaired) electrons. The Labute approximate surface area is 225 Å². The summed E-state index contributed by atoms with van der Waals surface area (Å²) in [6, 6.07) is 18.8. The number of fused-ring (bicyclic) bond motifs is 1. The van der Waals surface area contributed by atoms with Crippen LogP contribution in [0.2, 0.25) is 0 Å². The molecule has 1 aliphatic heterocycles. The average Bonchev–Trinajstić information content (AvgIpc) is 2.93. The first-order valence-electron chi connectivity index (χ1n) is 12.0. The summed E-state index contributed by atoms with van der Waals surface area (Å²) < 4.78 is 62.5. The highest BCUT2D eigenvalue weighted by molar-refractivity contribution is 6.01. The van der Waals surface area contributed by atoms with Gasteiger partial charge in [-0.1, -0.05) is 36.4 Å². The van der Waals surface area contributed by atoms with Gasteiger partial charge in [0.25, 0.3) is 5.91 Å². The van der Waals surface area contributed by atoms with E-state index in [1.165, 1.54) is 30.5 Å². The molecule has 2 N–H and O–H groups in total. The van der Waals surface area contributed by atoms with Gasteiger partial charge in [0.15, 0.2) is 11.6 Å². The maximum absolute atomic E-state index is 14.9. The van der Waals surface area contributed by atoms with Crippen LogP contribution < -0.4 is 14.8 Å². The maximum Gasteiger partial charge on any atom is 0.573 e. The number of rotatable bonds is 6. The molecule has 1 amide bonds. The number of carboxylic acid groups (broad SMARTS) is 1. The van der Waals surface area contributed by atoms with Gasteiger partial charge in [-0.2, -0.15) is 0 Å². The van der Waals surface area contributed by atoms with Gasteiger partial charge >= 0.3 is 12.3 Å². The van der Waals surface area contributed by atoms with Gasteiger partial charge in [0.1, 0.15) is 17.0 Å². The molecule has 0 spiro atoms. The fraction of sp³-hybridized carbons (Fsp3) is 0.138. The number of benzene rings is 3. The van der Waals surface area contributed by atoms with Crippen LogP contribution in [0.25, 0.3) is 11.1 Å². The normalized spacial score (nSPS) is 16.4. The van der Waals surface area contributed by atoms with E-state index in [1.54, 1.807) is 42.5 Å².